The normalized spacial score (nSPS) is 12.8. The summed E-state index contributed by atoms with van der Waals surface area (Å²) < 4.78 is 5.76. The van der Waals surface area contributed by atoms with Crippen LogP contribution in [0, 0.1) is 13.8 Å². The summed E-state index contributed by atoms with van der Waals surface area (Å²) in [6.07, 6.45) is 4.53. The van der Waals surface area contributed by atoms with Crippen molar-refractivity contribution in [2.24, 2.45) is 0 Å². The molecule has 0 N–H and O–H groups in total. The molecule has 3 heterocycles. The lowest BCUT2D eigenvalue weighted by atomic mass is 10.1. The molecule has 2 aromatic heterocycles. The van der Waals surface area contributed by atoms with Gasteiger partial charge in [0, 0.05) is 35.7 Å². The van der Waals surface area contributed by atoms with Crippen LogP contribution in [0.25, 0.3) is 0 Å². The molecule has 0 radical (unpaired) electrons. The van der Waals surface area contributed by atoms with E-state index in [2.05, 4.69) is 16.0 Å². The van der Waals surface area contributed by atoms with Gasteiger partial charge in [-0.2, -0.15) is 0 Å². The van der Waals surface area contributed by atoms with Crippen molar-refractivity contribution in [1.29, 1.82) is 0 Å². The van der Waals surface area contributed by atoms with E-state index in [9.17, 15) is 4.79 Å². The molecule has 0 bridgehead atoms. The topological polar surface area (TPSA) is 55.3 Å². The Bertz CT molecular complexity index is 1030. The third kappa shape index (κ3) is 3.71. The maximum Gasteiger partial charge on any atom is 0.231 e. The molecule has 1 aliphatic rings. The number of amides is 1. The van der Waals surface area contributed by atoms with Gasteiger partial charge >= 0.3 is 0 Å². The van der Waals surface area contributed by atoms with Crippen LogP contribution in [0.3, 0.4) is 0 Å². The second kappa shape index (κ2) is 7.60. The van der Waals surface area contributed by atoms with E-state index in [-0.39, 0.29) is 12.3 Å². The van der Waals surface area contributed by atoms with Crippen molar-refractivity contribution in [1.82, 2.24) is 9.97 Å². The lowest BCUT2D eigenvalue weighted by Crippen LogP contribution is -2.30. The zero-order valence-corrected chi connectivity index (χ0v) is 16.5. The molecule has 5 nitrogen and oxygen atoms in total. The van der Waals surface area contributed by atoms with Gasteiger partial charge in [0.2, 0.25) is 11.8 Å². The van der Waals surface area contributed by atoms with Crippen molar-refractivity contribution >= 4 is 23.2 Å². The van der Waals surface area contributed by atoms with Crippen molar-refractivity contribution in [2.75, 3.05) is 11.4 Å². The zero-order valence-electron chi connectivity index (χ0n) is 15.8. The number of rotatable bonds is 4. The highest BCUT2D eigenvalue weighted by atomic mass is 35.5. The smallest absolute Gasteiger partial charge is 0.231 e. The number of benzene rings is 1. The molecule has 0 unspecified atom stereocenters. The van der Waals surface area contributed by atoms with Gasteiger partial charge in [-0.15, -0.1) is 0 Å². The fourth-order valence-electron chi connectivity index (χ4n) is 3.33. The van der Waals surface area contributed by atoms with Crippen LogP contribution >= 0.6 is 11.6 Å². The first kappa shape index (κ1) is 18.4. The molecular weight excluding hydrogens is 374 g/mol. The average Bonchev–Trinajstić information content (AvgIpc) is 3.08. The molecule has 4 rings (SSSR count). The molecule has 0 saturated carbocycles. The van der Waals surface area contributed by atoms with E-state index in [4.69, 9.17) is 16.3 Å². The van der Waals surface area contributed by atoms with Crippen molar-refractivity contribution in [3.8, 4) is 11.6 Å². The molecule has 142 valence electrons. The summed E-state index contributed by atoms with van der Waals surface area (Å²) >= 11 is 6.25. The maximum absolute atomic E-state index is 12.8. The molecule has 3 aromatic rings. The molecule has 0 aliphatic carbocycles. The number of ether oxygens (including phenoxy) is 1. The van der Waals surface area contributed by atoms with Gasteiger partial charge in [-0.25, -0.2) is 4.98 Å². The summed E-state index contributed by atoms with van der Waals surface area (Å²) in [5, 5.41) is 0.687. The number of halogens is 1. The Morgan fingerprint density at radius 3 is 2.82 bits per heavy atom. The number of nitrogens with zero attached hydrogens (tertiary/aromatic N) is 3. The number of carbonyl (C=O) groups is 1. The Hall–Kier alpha value is -2.92. The predicted molar refractivity (Wildman–Crippen MR) is 109 cm³/mol. The number of aromatic nitrogens is 2. The molecule has 0 spiro atoms. The summed E-state index contributed by atoms with van der Waals surface area (Å²) in [6, 6.07) is 11.3. The summed E-state index contributed by atoms with van der Waals surface area (Å²) in [5.41, 5.74) is 4.76. The van der Waals surface area contributed by atoms with Crippen LogP contribution in [0.4, 0.5) is 5.69 Å². The molecule has 1 aromatic carbocycles. The third-order valence-corrected chi connectivity index (χ3v) is 5.29. The molecule has 6 heteroatoms. The number of carbonyl (C=O) groups excluding carboxylic acids is 1. The van der Waals surface area contributed by atoms with Gasteiger partial charge in [-0.05, 0) is 55.2 Å². The minimum atomic E-state index is 0.0391. The van der Waals surface area contributed by atoms with Gasteiger partial charge < -0.3 is 9.64 Å². The SMILES string of the molecule is Cc1cc2c(cc1Cl)N(C(=O)Cc1ccc(Oc3cccnc3C)nc1)CC2. The van der Waals surface area contributed by atoms with E-state index in [1.165, 1.54) is 5.56 Å². The van der Waals surface area contributed by atoms with Crippen LogP contribution in [0.5, 0.6) is 11.6 Å². The van der Waals surface area contributed by atoms with E-state index >= 15 is 0 Å². The van der Waals surface area contributed by atoms with Gasteiger partial charge in [-0.3, -0.25) is 9.78 Å². The number of hydrogen-bond acceptors (Lipinski definition) is 4. The Morgan fingerprint density at radius 1 is 1.21 bits per heavy atom. The van der Waals surface area contributed by atoms with Crippen molar-refractivity contribution < 1.29 is 9.53 Å². The molecule has 0 saturated heterocycles. The molecule has 1 aliphatic heterocycles. The molecule has 0 fully saturated rings. The molecular formula is C22H20ClN3O2. The Labute approximate surface area is 169 Å². The first-order chi connectivity index (χ1) is 13.5. The fraction of sp³-hybridized carbons (Fsp3) is 0.227. The first-order valence-corrected chi connectivity index (χ1v) is 9.53. The van der Waals surface area contributed by atoms with E-state index < -0.39 is 0 Å². The van der Waals surface area contributed by atoms with Crippen LogP contribution in [0.1, 0.15) is 22.4 Å². The summed E-state index contributed by atoms with van der Waals surface area (Å²) in [5.74, 6) is 1.18. The van der Waals surface area contributed by atoms with E-state index in [1.807, 2.05) is 43.0 Å². The monoisotopic (exact) mass is 393 g/mol. The Morgan fingerprint density at radius 2 is 2.07 bits per heavy atom. The van der Waals surface area contributed by atoms with Crippen LogP contribution in [0.15, 0.2) is 48.8 Å². The second-order valence-electron chi connectivity index (χ2n) is 6.90. The zero-order chi connectivity index (χ0) is 19.7. The second-order valence-corrected chi connectivity index (χ2v) is 7.30. The number of aryl methyl sites for hydroxylation is 2. The summed E-state index contributed by atoms with van der Waals surface area (Å²) in [7, 11) is 0. The van der Waals surface area contributed by atoms with E-state index in [0.717, 1.165) is 28.9 Å². The summed E-state index contributed by atoms with van der Waals surface area (Å²) in [6.45, 7) is 4.54. The highest BCUT2D eigenvalue weighted by molar-refractivity contribution is 6.31. The number of pyridine rings is 2. The van der Waals surface area contributed by atoms with Gasteiger partial charge in [0.1, 0.15) is 0 Å². The molecule has 0 atom stereocenters. The molecule has 28 heavy (non-hydrogen) atoms. The van der Waals surface area contributed by atoms with Crippen molar-refractivity contribution in [2.45, 2.75) is 26.7 Å². The minimum Gasteiger partial charge on any atom is -0.437 e. The van der Waals surface area contributed by atoms with Crippen LogP contribution < -0.4 is 9.64 Å². The first-order valence-electron chi connectivity index (χ1n) is 9.15. The van der Waals surface area contributed by atoms with E-state index in [1.54, 1.807) is 18.5 Å². The highest BCUT2D eigenvalue weighted by Gasteiger charge is 2.25. The van der Waals surface area contributed by atoms with Crippen LogP contribution in [-0.4, -0.2) is 22.4 Å². The third-order valence-electron chi connectivity index (χ3n) is 4.88. The number of fused-ring (bicyclic) bond motifs is 1. The Kier molecular flexibility index (Phi) is 5.01. The lowest BCUT2D eigenvalue weighted by molar-refractivity contribution is -0.117. The Balaban J connectivity index is 1.45. The van der Waals surface area contributed by atoms with Gasteiger partial charge in [-0.1, -0.05) is 23.7 Å². The fourth-order valence-corrected chi connectivity index (χ4v) is 3.49. The summed E-state index contributed by atoms with van der Waals surface area (Å²) in [4.78, 5) is 23.1. The minimum absolute atomic E-state index is 0.0391. The quantitative estimate of drug-likeness (QED) is 0.646. The standard InChI is InChI=1S/C22H20ClN3O2/c1-14-10-17-7-9-26(19(17)12-18(14)23)22(27)11-16-5-6-21(25-13-16)28-20-4-3-8-24-15(20)2/h3-6,8,10,12-13H,7,9,11H2,1-2H3. The average molecular weight is 394 g/mol. The predicted octanol–water partition coefficient (Wildman–Crippen LogP) is 4.67. The highest BCUT2D eigenvalue weighted by Crippen LogP contribution is 2.33. The van der Waals surface area contributed by atoms with Gasteiger partial charge in [0.15, 0.2) is 5.75 Å². The number of hydrogen-bond donors (Lipinski definition) is 0. The largest absolute Gasteiger partial charge is 0.437 e. The van der Waals surface area contributed by atoms with E-state index in [0.29, 0.717) is 23.2 Å². The lowest BCUT2D eigenvalue weighted by Gasteiger charge is -2.18. The van der Waals surface area contributed by atoms with Gasteiger partial charge in [0.05, 0.1) is 12.1 Å². The number of anilines is 1. The van der Waals surface area contributed by atoms with Gasteiger partial charge in [0.25, 0.3) is 0 Å². The molecule has 1 amide bonds. The van der Waals surface area contributed by atoms with Crippen molar-refractivity contribution in [3.05, 3.63) is 76.2 Å². The van der Waals surface area contributed by atoms with Crippen molar-refractivity contribution in [3.63, 3.8) is 0 Å². The maximum atomic E-state index is 12.8. The van der Waals surface area contributed by atoms with Crippen LogP contribution in [-0.2, 0) is 17.6 Å². The van der Waals surface area contributed by atoms with Crippen LogP contribution in [0.2, 0.25) is 5.02 Å².